The molecule has 1 saturated heterocycles. The Labute approximate surface area is 109 Å². The molecule has 0 spiro atoms. The van der Waals surface area contributed by atoms with E-state index in [4.69, 9.17) is 0 Å². The maximum Gasteiger partial charge on any atom is 0.117 e. The van der Waals surface area contributed by atoms with E-state index in [-0.39, 0.29) is 0 Å². The van der Waals surface area contributed by atoms with Gasteiger partial charge in [-0.2, -0.15) is 0 Å². The fraction of sp³-hybridized carbons (Fsp3) is 0.571. The summed E-state index contributed by atoms with van der Waals surface area (Å²) >= 11 is 0. The number of hydrogen-bond donors (Lipinski definition) is 1. The second-order valence-electron chi connectivity index (χ2n) is 5.15. The molecule has 1 aromatic carbocycles. The number of likely N-dealkylation sites (N-methyl/N-ethyl adjacent to an activating group) is 1. The molecule has 0 amide bonds. The summed E-state index contributed by atoms with van der Waals surface area (Å²) in [6.45, 7) is 6.54. The van der Waals surface area contributed by atoms with E-state index in [0.29, 0.717) is 5.75 Å². The Morgan fingerprint density at radius 1 is 1.17 bits per heavy atom. The molecule has 1 aliphatic rings. The van der Waals surface area contributed by atoms with E-state index >= 15 is 0 Å². The summed E-state index contributed by atoms with van der Waals surface area (Å²) in [6, 6.07) is 7.53. The Balaban J connectivity index is 1.83. The van der Waals surface area contributed by atoms with Gasteiger partial charge >= 0.3 is 0 Å². The molecule has 0 aliphatic carbocycles. The molecule has 0 saturated carbocycles. The van der Waals surface area contributed by atoms with Crippen LogP contribution in [0.5, 0.6) is 5.75 Å². The number of phenolic OH excluding ortho intramolecular Hbond substituents is 1. The first-order valence-electron chi connectivity index (χ1n) is 6.56. The van der Waals surface area contributed by atoms with Crippen molar-refractivity contribution in [3.05, 3.63) is 24.3 Å². The molecule has 1 aromatic rings. The molecule has 0 aromatic heterocycles. The predicted molar refractivity (Wildman–Crippen MR) is 75.3 cm³/mol. The van der Waals surface area contributed by atoms with Crippen molar-refractivity contribution in [3.8, 4) is 5.75 Å². The molecule has 0 unspecified atom stereocenters. The van der Waals surface area contributed by atoms with E-state index in [1.54, 1.807) is 6.07 Å². The van der Waals surface area contributed by atoms with Crippen LogP contribution in [0.2, 0.25) is 0 Å². The van der Waals surface area contributed by atoms with Gasteiger partial charge in [-0.25, -0.2) is 0 Å². The maximum atomic E-state index is 9.50. The number of phenols is 1. The van der Waals surface area contributed by atoms with Crippen molar-refractivity contribution >= 4 is 5.69 Å². The highest BCUT2D eigenvalue weighted by Gasteiger charge is 2.17. The summed E-state index contributed by atoms with van der Waals surface area (Å²) < 4.78 is 0. The Hall–Kier alpha value is -1.26. The molecule has 0 bridgehead atoms. The lowest BCUT2D eigenvalue weighted by molar-refractivity contribution is 0.229. The summed E-state index contributed by atoms with van der Waals surface area (Å²) in [5.41, 5.74) is 1.13. The Bertz CT molecular complexity index is 373. The first-order chi connectivity index (χ1) is 8.65. The molecule has 2 rings (SSSR count). The molecule has 1 N–H and O–H groups in total. The van der Waals surface area contributed by atoms with Crippen LogP contribution >= 0.6 is 0 Å². The molecule has 1 heterocycles. The number of aromatic hydroxyl groups is 1. The molecule has 0 atom stereocenters. The van der Waals surface area contributed by atoms with Crippen LogP contribution in [0.25, 0.3) is 0 Å². The van der Waals surface area contributed by atoms with Gasteiger partial charge < -0.3 is 14.9 Å². The van der Waals surface area contributed by atoms with E-state index in [1.807, 2.05) is 12.1 Å². The van der Waals surface area contributed by atoms with Crippen molar-refractivity contribution in [1.82, 2.24) is 9.80 Å². The molecule has 1 fully saturated rings. The Morgan fingerprint density at radius 3 is 2.50 bits per heavy atom. The molecule has 4 heteroatoms. The standard InChI is InChI=1S/C14H23N3O/c1-15(2)6-7-16-8-10-17(11-9-16)13-4-3-5-14(18)12-13/h3-5,12,18H,6-11H2,1-2H3. The van der Waals surface area contributed by atoms with Crippen molar-refractivity contribution in [2.75, 3.05) is 58.3 Å². The highest BCUT2D eigenvalue weighted by molar-refractivity contribution is 5.50. The summed E-state index contributed by atoms with van der Waals surface area (Å²) in [7, 11) is 4.23. The average molecular weight is 249 g/mol. The van der Waals surface area contributed by atoms with Crippen LogP contribution < -0.4 is 4.90 Å². The molecule has 100 valence electrons. The first kappa shape index (κ1) is 13.2. The zero-order chi connectivity index (χ0) is 13.0. The van der Waals surface area contributed by atoms with Gasteiger partial charge in [-0.3, -0.25) is 4.90 Å². The number of piperazine rings is 1. The lowest BCUT2D eigenvalue weighted by atomic mass is 10.2. The smallest absolute Gasteiger partial charge is 0.117 e. The minimum Gasteiger partial charge on any atom is -0.508 e. The third kappa shape index (κ3) is 3.62. The van der Waals surface area contributed by atoms with Gasteiger partial charge in [0.1, 0.15) is 5.75 Å². The van der Waals surface area contributed by atoms with Crippen LogP contribution in [0, 0.1) is 0 Å². The highest BCUT2D eigenvalue weighted by atomic mass is 16.3. The normalized spacial score (nSPS) is 17.4. The molecule has 0 radical (unpaired) electrons. The quantitative estimate of drug-likeness (QED) is 0.865. The number of benzene rings is 1. The van der Waals surface area contributed by atoms with E-state index in [2.05, 4.69) is 34.9 Å². The third-order valence-electron chi connectivity index (χ3n) is 3.43. The van der Waals surface area contributed by atoms with Gasteiger partial charge in [0, 0.05) is 51.0 Å². The number of anilines is 1. The fourth-order valence-corrected chi connectivity index (χ4v) is 2.26. The van der Waals surface area contributed by atoms with Gasteiger partial charge in [-0.1, -0.05) is 6.07 Å². The van der Waals surface area contributed by atoms with Gasteiger partial charge in [0.05, 0.1) is 0 Å². The Morgan fingerprint density at radius 2 is 1.89 bits per heavy atom. The van der Waals surface area contributed by atoms with E-state index in [1.165, 1.54) is 0 Å². The van der Waals surface area contributed by atoms with Gasteiger partial charge in [0.15, 0.2) is 0 Å². The molecule has 4 nitrogen and oxygen atoms in total. The topological polar surface area (TPSA) is 30.0 Å². The maximum absolute atomic E-state index is 9.50. The zero-order valence-electron chi connectivity index (χ0n) is 11.3. The SMILES string of the molecule is CN(C)CCN1CCN(c2cccc(O)c2)CC1. The predicted octanol–water partition coefficient (Wildman–Crippen LogP) is 1.08. The number of hydrogen-bond acceptors (Lipinski definition) is 4. The van der Waals surface area contributed by atoms with Gasteiger partial charge in [0.2, 0.25) is 0 Å². The summed E-state index contributed by atoms with van der Waals surface area (Å²) in [5.74, 6) is 0.350. The van der Waals surface area contributed by atoms with Crippen LogP contribution in [0.1, 0.15) is 0 Å². The van der Waals surface area contributed by atoms with Crippen molar-refractivity contribution in [2.45, 2.75) is 0 Å². The number of rotatable bonds is 4. The summed E-state index contributed by atoms with van der Waals surface area (Å²) in [5, 5.41) is 9.50. The van der Waals surface area contributed by atoms with Gasteiger partial charge in [-0.15, -0.1) is 0 Å². The summed E-state index contributed by atoms with van der Waals surface area (Å²) in [6.07, 6.45) is 0. The average Bonchev–Trinajstić information content (AvgIpc) is 2.37. The molecule has 18 heavy (non-hydrogen) atoms. The Kier molecular flexibility index (Phi) is 4.44. The molecule has 1 aliphatic heterocycles. The molecular weight excluding hydrogens is 226 g/mol. The number of nitrogens with zero attached hydrogens (tertiary/aromatic N) is 3. The largest absolute Gasteiger partial charge is 0.508 e. The van der Waals surface area contributed by atoms with Crippen molar-refractivity contribution in [2.24, 2.45) is 0 Å². The first-order valence-corrected chi connectivity index (χ1v) is 6.56. The van der Waals surface area contributed by atoms with Crippen molar-refractivity contribution in [3.63, 3.8) is 0 Å². The van der Waals surface area contributed by atoms with Crippen molar-refractivity contribution in [1.29, 1.82) is 0 Å². The van der Waals surface area contributed by atoms with E-state index in [0.717, 1.165) is 45.0 Å². The van der Waals surface area contributed by atoms with Crippen LogP contribution in [0.15, 0.2) is 24.3 Å². The minimum atomic E-state index is 0.350. The van der Waals surface area contributed by atoms with Gasteiger partial charge in [0.25, 0.3) is 0 Å². The third-order valence-corrected chi connectivity index (χ3v) is 3.43. The highest BCUT2D eigenvalue weighted by Crippen LogP contribution is 2.21. The van der Waals surface area contributed by atoms with Crippen LogP contribution in [0.3, 0.4) is 0 Å². The molecular formula is C14H23N3O. The monoisotopic (exact) mass is 249 g/mol. The second kappa shape index (κ2) is 6.07. The lowest BCUT2D eigenvalue weighted by Crippen LogP contribution is -2.48. The van der Waals surface area contributed by atoms with Crippen LogP contribution in [-0.4, -0.2) is 68.3 Å². The summed E-state index contributed by atoms with van der Waals surface area (Å²) in [4.78, 5) is 7.06. The van der Waals surface area contributed by atoms with Crippen molar-refractivity contribution < 1.29 is 5.11 Å². The lowest BCUT2D eigenvalue weighted by Gasteiger charge is -2.36. The van der Waals surface area contributed by atoms with Gasteiger partial charge in [-0.05, 0) is 26.2 Å². The van der Waals surface area contributed by atoms with Crippen LogP contribution in [0.4, 0.5) is 5.69 Å². The van der Waals surface area contributed by atoms with Crippen LogP contribution in [-0.2, 0) is 0 Å². The minimum absolute atomic E-state index is 0.350. The van der Waals surface area contributed by atoms with E-state index in [9.17, 15) is 5.11 Å². The second-order valence-corrected chi connectivity index (χ2v) is 5.15. The van der Waals surface area contributed by atoms with E-state index < -0.39 is 0 Å². The fourth-order valence-electron chi connectivity index (χ4n) is 2.26. The zero-order valence-corrected chi connectivity index (χ0v) is 11.3.